The summed E-state index contributed by atoms with van der Waals surface area (Å²) in [4.78, 5) is 12.4. The zero-order valence-electron chi connectivity index (χ0n) is 13.7. The highest BCUT2D eigenvalue weighted by atomic mass is 32.2. The van der Waals surface area contributed by atoms with Gasteiger partial charge in [0.2, 0.25) is 0 Å². The number of rotatable bonds is 6. The second-order valence-corrected chi connectivity index (χ2v) is 9.19. The van der Waals surface area contributed by atoms with E-state index in [9.17, 15) is 13.2 Å². The first-order valence-electron chi connectivity index (χ1n) is 8.21. The van der Waals surface area contributed by atoms with E-state index >= 15 is 0 Å². The molecule has 4 nitrogen and oxygen atoms in total. The molecule has 5 heteroatoms. The van der Waals surface area contributed by atoms with Crippen LogP contribution in [0.5, 0.6) is 0 Å². The average Bonchev–Trinajstić information content (AvgIpc) is 2.87. The van der Waals surface area contributed by atoms with Crippen molar-refractivity contribution in [3.05, 3.63) is 35.9 Å². The van der Waals surface area contributed by atoms with Gasteiger partial charge in [0, 0.05) is 11.8 Å². The number of hydrogen-bond donors (Lipinski definition) is 0. The molecule has 0 spiro atoms. The van der Waals surface area contributed by atoms with Gasteiger partial charge in [-0.2, -0.15) is 8.42 Å². The molecule has 2 bridgehead atoms. The second-order valence-electron chi connectivity index (χ2n) is 7.43. The standard InChI is InChI=1S/C18H24O4S/c1-17(2)15-8-9-18(17,16(19)12-15)10-11-23(20,21)22-13-14-6-4-3-5-7-14/h3-7,15H,8-13H2,1-2H3. The van der Waals surface area contributed by atoms with Gasteiger partial charge in [-0.05, 0) is 36.2 Å². The molecule has 2 fully saturated rings. The molecule has 2 aliphatic carbocycles. The molecular formula is C18H24O4S. The van der Waals surface area contributed by atoms with E-state index in [1.54, 1.807) is 0 Å². The lowest BCUT2D eigenvalue weighted by molar-refractivity contribution is -0.129. The third kappa shape index (κ3) is 2.85. The van der Waals surface area contributed by atoms with Crippen molar-refractivity contribution < 1.29 is 17.4 Å². The summed E-state index contributed by atoms with van der Waals surface area (Å²) in [5, 5.41) is 0. The third-order valence-electron chi connectivity index (χ3n) is 6.17. The van der Waals surface area contributed by atoms with E-state index in [1.165, 1.54) is 0 Å². The highest BCUT2D eigenvalue weighted by Gasteiger charge is 2.63. The van der Waals surface area contributed by atoms with Crippen molar-refractivity contribution in [2.24, 2.45) is 16.7 Å². The number of benzene rings is 1. The van der Waals surface area contributed by atoms with Gasteiger partial charge in [0.25, 0.3) is 10.1 Å². The molecule has 2 aliphatic rings. The first kappa shape index (κ1) is 16.7. The maximum atomic E-state index is 12.4. The van der Waals surface area contributed by atoms with Crippen molar-refractivity contribution in [1.29, 1.82) is 0 Å². The number of carbonyl (C=O) groups is 1. The summed E-state index contributed by atoms with van der Waals surface area (Å²) in [6.45, 7) is 4.29. The Morgan fingerprint density at radius 1 is 1.22 bits per heavy atom. The second kappa shape index (κ2) is 5.71. The highest BCUT2D eigenvalue weighted by Crippen LogP contribution is 2.65. The first-order valence-corrected chi connectivity index (χ1v) is 9.79. The Morgan fingerprint density at radius 3 is 2.48 bits per heavy atom. The minimum atomic E-state index is -3.62. The van der Waals surface area contributed by atoms with Crippen molar-refractivity contribution >= 4 is 15.9 Å². The van der Waals surface area contributed by atoms with Gasteiger partial charge in [-0.15, -0.1) is 0 Å². The van der Waals surface area contributed by atoms with E-state index in [2.05, 4.69) is 13.8 Å². The molecule has 2 unspecified atom stereocenters. The lowest BCUT2D eigenvalue weighted by Gasteiger charge is -2.36. The normalized spacial score (nSPS) is 29.1. The summed E-state index contributed by atoms with van der Waals surface area (Å²) in [7, 11) is -3.62. The van der Waals surface area contributed by atoms with Gasteiger partial charge in [-0.3, -0.25) is 8.98 Å². The molecule has 0 aliphatic heterocycles. The zero-order chi connectivity index (χ0) is 16.7. The minimum absolute atomic E-state index is 0.0517. The van der Waals surface area contributed by atoms with Crippen LogP contribution in [0, 0.1) is 16.7 Å². The van der Waals surface area contributed by atoms with Crippen molar-refractivity contribution in [1.82, 2.24) is 0 Å². The van der Waals surface area contributed by atoms with Crippen LogP contribution in [0.15, 0.2) is 30.3 Å². The lowest BCUT2D eigenvalue weighted by atomic mass is 9.67. The van der Waals surface area contributed by atoms with Gasteiger partial charge in [-0.1, -0.05) is 44.2 Å². The average molecular weight is 336 g/mol. The third-order valence-corrected chi connectivity index (χ3v) is 7.35. The van der Waals surface area contributed by atoms with Gasteiger partial charge < -0.3 is 0 Å². The summed E-state index contributed by atoms with van der Waals surface area (Å²) in [6, 6.07) is 9.24. The molecule has 0 radical (unpaired) electrons. The number of hydrogen-bond acceptors (Lipinski definition) is 4. The Hall–Kier alpha value is -1.20. The molecule has 0 aromatic heterocycles. The largest absolute Gasteiger partial charge is 0.299 e. The topological polar surface area (TPSA) is 60.4 Å². The fourth-order valence-corrected chi connectivity index (χ4v) is 5.48. The maximum Gasteiger partial charge on any atom is 0.267 e. The van der Waals surface area contributed by atoms with Gasteiger partial charge in [0.05, 0.1) is 12.4 Å². The van der Waals surface area contributed by atoms with E-state index in [1.807, 2.05) is 30.3 Å². The Kier molecular flexibility index (Phi) is 4.13. The summed E-state index contributed by atoms with van der Waals surface area (Å²) in [5.74, 6) is 0.571. The van der Waals surface area contributed by atoms with Gasteiger partial charge >= 0.3 is 0 Å². The van der Waals surface area contributed by atoms with Crippen molar-refractivity contribution in [3.63, 3.8) is 0 Å². The van der Waals surface area contributed by atoms with Crippen molar-refractivity contribution in [2.75, 3.05) is 5.75 Å². The van der Waals surface area contributed by atoms with E-state index in [0.29, 0.717) is 18.8 Å². The monoisotopic (exact) mass is 336 g/mol. The van der Waals surface area contributed by atoms with Crippen LogP contribution in [-0.4, -0.2) is 20.0 Å². The summed E-state index contributed by atoms with van der Waals surface area (Å²) in [6.07, 6.45) is 2.84. The highest BCUT2D eigenvalue weighted by molar-refractivity contribution is 7.86. The smallest absolute Gasteiger partial charge is 0.267 e. The predicted molar refractivity (Wildman–Crippen MR) is 88.2 cm³/mol. The van der Waals surface area contributed by atoms with Crippen LogP contribution in [0.25, 0.3) is 0 Å². The molecule has 2 saturated carbocycles. The Balaban J connectivity index is 1.64. The molecule has 2 atom stereocenters. The molecule has 3 rings (SSSR count). The quantitative estimate of drug-likeness (QED) is 0.748. The fourth-order valence-electron chi connectivity index (χ4n) is 4.45. The van der Waals surface area contributed by atoms with Crippen LogP contribution in [-0.2, 0) is 25.7 Å². The number of Topliss-reactive ketones (excluding diaryl/α,β-unsaturated/α-hetero) is 1. The van der Waals surface area contributed by atoms with Crippen LogP contribution in [0.4, 0.5) is 0 Å². The van der Waals surface area contributed by atoms with Crippen LogP contribution in [0.3, 0.4) is 0 Å². The zero-order valence-corrected chi connectivity index (χ0v) is 14.6. The summed E-state index contributed by atoms with van der Waals surface area (Å²) < 4.78 is 29.6. The number of carbonyl (C=O) groups excluding carboxylic acids is 1. The number of ketones is 1. The number of fused-ring (bicyclic) bond motifs is 2. The predicted octanol–water partition coefficient (Wildman–Crippen LogP) is 3.32. The van der Waals surface area contributed by atoms with E-state index < -0.39 is 15.5 Å². The Bertz CT molecular complexity index is 693. The lowest BCUT2D eigenvalue weighted by Crippen LogP contribution is -2.37. The van der Waals surface area contributed by atoms with Crippen LogP contribution in [0.2, 0.25) is 0 Å². The van der Waals surface area contributed by atoms with Crippen LogP contribution < -0.4 is 0 Å². The van der Waals surface area contributed by atoms with E-state index in [0.717, 1.165) is 18.4 Å². The summed E-state index contributed by atoms with van der Waals surface area (Å²) >= 11 is 0. The molecule has 0 amide bonds. The molecule has 1 aromatic carbocycles. The Morgan fingerprint density at radius 2 is 1.91 bits per heavy atom. The first-order chi connectivity index (χ1) is 10.8. The summed E-state index contributed by atoms with van der Waals surface area (Å²) in [5.41, 5.74) is 0.257. The molecule has 126 valence electrons. The Labute approximate surface area is 138 Å². The van der Waals surface area contributed by atoms with Crippen LogP contribution >= 0.6 is 0 Å². The van der Waals surface area contributed by atoms with Gasteiger partial charge in [0.15, 0.2) is 0 Å². The molecule has 0 heterocycles. The minimum Gasteiger partial charge on any atom is -0.299 e. The van der Waals surface area contributed by atoms with E-state index in [-0.39, 0.29) is 23.6 Å². The molecule has 0 N–H and O–H groups in total. The van der Waals surface area contributed by atoms with E-state index in [4.69, 9.17) is 4.18 Å². The van der Waals surface area contributed by atoms with Gasteiger partial charge in [-0.25, -0.2) is 0 Å². The van der Waals surface area contributed by atoms with Crippen LogP contribution in [0.1, 0.15) is 45.1 Å². The SMILES string of the molecule is CC1(C)C2CCC1(CCS(=O)(=O)OCc1ccccc1)C(=O)C2. The van der Waals surface area contributed by atoms with Crippen molar-refractivity contribution in [2.45, 2.75) is 46.1 Å². The van der Waals surface area contributed by atoms with Gasteiger partial charge in [0.1, 0.15) is 5.78 Å². The fraction of sp³-hybridized carbons (Fsp3) is 0.611. The molecular weight excluding hydrogens is 312 g/mol. The maximum absolute atomic E-state index is 12.4. The molecule has 0 saturated heterocycles. The van der Waals surface area contributed by atoms with Crippen molar-refractivity contribution in [3.8, 4) is 0 Å². The molecule has 23 heavy (non-hydrogen) atoms. The molecule has 1 aromatic rings.